The lowest BCUT2D eigenvalue weighted by Crippen LogP contribution is -2.26. The molecule has 2 heteroatoms. The predicted octanol–water partition coefficient (Wildman–Crippen LogP) is 20.3. The van der Waals surface area contributed by atoms with E-state index in [9.17, 15) is 0 Å². The highest BCUT2D eigenvalue weighted by Gasteiger charge is 2.53. The first-order chi connectivity index (χ1) is 41.7. The van der Waals surface area contributed by atoms with Gasteiger partial charge in [-0.25, -0.2) is 9.97 Å². The van der Waals surface area contributed by atoms with Crippen molar-refractivity contribution in [3.05, 3.63) is 348 Å². The molecule has 4 aliphatic rings. The number of rotatable bonds is 6. The lowest BCUT2D eigenvalue weighted by molar-refractivity contribution is 0.794. The molecule has 2 spiro atoms. The van der Waals surface area contributed by atoms with Gasteiger partial charge in [0.1, 0.15) is 0 Å². The Morgan fingerprint density at radius 1 is 0.179 bits per heavy atom. The molecule has 0 atom stereocenters. The van der Waals surface area contributed by atoms with E-state index in [1.807, 2.05) is 0 Å². The van der Waals surface area contributed by atoms with E-state index in [1.165, 1.54) is 89.0 Å². The predicted molar refractivity (Wildman–Crippen MR) is 345 cm³/mol. The highest BCUT2D eigenvalue weighted by Crippen LogP contribution is 2.66. The van der Waals surface area contributed by atoms with E-state index in [0.29, 0.717) is 0 Å². The Morgan fingerprint density at radius 2 is 0.417 bits per heavy atom. The van der Waals surface area contributed by atoms with E-state index in [1.54, 1.807) is 0 Å². The van der Waals surface area contributed by atoms with E-state index in [4.69, 9.17) is 9.97 Å². The molecule has 0 saturated heterocycles. The normalized spacial score (nSPS) is 13.7. The van der Waals surface area contributed by atoms with Crippen LogP contribution in [-0.4, -0.2) is 9.97 Å². The summed E-state index contributed by atoms with van der Waals surface area (Å²) < 4.78 is 0. The Kier molecular flexibility index (Phi) is 9.97. The Morgan fingerprint density at radius 3 is 0.702 bits per heavy atom. The van der Waals surface area contributed by atoms with Crippen LogP contribution in [0.25, 0.3) is 123 Å². The van der Waals surface area contributed by atoms with Gasteiger partial charge in [0.05, 0.1) is 33.3 Å². The Balaban J connectivity index is 1.04. The van der Waals surface area contributed by atoms with E-state index in [0.717, 1.165) is 78.1 Å². The van der Waals surface area contributed by atoms with Gasteiger partial charge in [-0.3, -0.25) is 0 Å². The average molecular weight is 1060 g/mol. The van der Waals surface area contributed by atoms with Crippen molar-refractivity contribution in [1.82, 2.24) is 9.97 Å². The number of hydrogen-bond donors (Lipinski definition) is 0. The average Bonchev–Trinajstić information content (AvgIpc) is 1.53. The van der Waals surface area contributed by atoms with Gasteiger partial charge < -0.3 is 0 Å². The zero-order valence-corrected chi connectivity index (χ0v) is 45.8. The molecular formula is C82H50N2. The summed E-state index contributed by atoms with van der Waals surface area (Å²) in [5.41, 5.74) is 33.5. The molecule has 2 nitrogen and oxygen atoms in total. The number of hydrogen-bond acceptors (Lipinski definition) is 2. The third-order valence-corrected chi connectivity index (χ3v) is 18.9. The van der Waals surface area contributed by atoms with Crippen LogP contribution in [-0.2, 0) is 10.8 Å². The lowest BCUT2D eigenvalue weighted by atomic mass is 9.69. The topological polar surface area (TPSA) is 25.8 Å². The van der Waals surface area contributed by atoms with Gasteiger partial charge in [-0.1, -0.05) is 291 Å². The maximum atomic E-state index is 6.07. The van der Waals surface area contributed by atoms with Crippen molar-refractivity contribution in [2.45, 2.75) is 10.8 Å². The van der Waals surface area contributed by atoms with E-state index < -0.39 is 10.8 Å². The number of aromatic nitrogens is 2. The molecule has 0 amide bonds. The fourth-order valence-corrected chi connectivity index (χ4v) is 15.7. The molecule has 84 heavy (non-hydrogen) atoms. The second-order valence-corrected chi connectivity index (χ2v) is 22.9. The smallest absolute Gasteiger partial charge is 0.0986 e. The van der Waals surface area contributed by atoms with E-state index in [2.05, 4.69) is 303 Å². The molecule has 0 bridgehead atoms. The van der Waals surface area contributed by atoms with E-state index in [-0.39, 0.29) is 0 Å². The van der Waals surface area contributed by atoms with Gasteiger partial charge in [-0.05, 0) is 123 Å². The van der Waals surface area contributed by atoms with Crippen LogP contribution < -0.4 is 0 Å². The summed E-state index contributed by atoms with van der Waals surface area (Å²) in [6, 6.07) is 113. The van der Waals surface area contributed by atoms with Crippen LogP contribution in [0.15, 0.2) is 303 Å². The SMILES string of the molecule is c1ccc(-c2nc3c(-c4ccccc4)c(-c4ccc5c(c4)C4(c6ccccc6-c6ccccc64)c4ccccc4-5)c(-c4ccc5c(c4)C4(c6ccccc6-c6ccccc64)c4ccccc4-5)c(-c4ccccc4)c3nc2-c2ccccc2)cc1. The molecule has 0 fully saturated rings. The van der Waals surface area contributed by atoms with Crippen LogP contribution in [0.4, 0.5) is 0 Å². The Hall–Kier alpha value is -10.8. The zero-order chi connectivity index (χ0) is 55.1. The fourth-order valence-electron chi connectivity index (χ4n) is 15.7. The summed E-state index contributed by atoms with van der Waals surface area (Å²) in [7, 11) is 0. The molecular weight excluding hydrogens is 1010 g/mol. The van der Waals surface area contributed by atoms with Crippen LogP contribution in [0.1, 0.15) is 44.5 Å². The summed E-state index contributed by atoms with van der Waals surface area (Å²) >= 11 is 0. The maximum Gasteiger partial charge on any atom is 0.0986 e. The van der Waals surface area contributed by atoms with E-state index >= 15 is 0 Å². The van der Waals surface area contributed by atoms with Crippen LogP contribution in [0, 0.1) is 0 Å². The van der Waals surface area contributed by atoms with Crippen LogP contribution in [0.2, 0.25) is 0 Å². The highest BCUT2D eigenvalue weighted by atomic mass is 14.8. The second kappa shape index (κ2) is 17.8. The molecule has 14 aromatic rings. The number of nitrogens with zero attached hydrogens (tertiary/aromatic N) is 2. The Labute approximate surface area is 488 Å². The first-order valence-corrected chi connectivity index (χ1v) is 29.2. The van der Waals surface area contributed by atoms with Gasteiger partial charge in [0.2, 0.25) is 0 Å². The van der Waals surface area contributed by atoms with Gasteiger partial charge in [0.15, 0.2) is 0 Å². The molecule has 0 unspecified atom stereocenters. The van der Waals surface area contributed by atoms with Crippen molar-refractivity contribution in [3.63, 3.8) is 0 Å². The van der Waals surface area contributed by atoms with Gasteiger partial charge in [-0.2, -0.15) is 0 Å². The molecule has 0 radical (unpaired) electrons. The largest absolute Gasteiger partial charge is 0.243 e. The molecule has 4 aliphatic carbocycles. The van der Waals surface area contributed by atoms with Crippen LogP contribution >= 0.6 is 0 Å². The molecule has 1 heterocycles. The molecule has 0 aliphatic heterocycles. The molecule has 18 rings (SSSR count). The van der Waals surface area contributed by atoms with Crippen molar-refractivity contribution in [3.8, 4) is 112 Å². The zero-order valence-electron chi connectivity index (χ0n) is 45.8. The van der Waals surface area contributed by atoms with Crippen molar-refractivity contribution >= 4 is 11.0 Å². The van der Waals surface area contributed by atoms with Gasteiger partial charge in [-0.15, -0.1) is 0 Å². The minimum Gasteiger partial charge on any atom is -0.243 e. The monoisotopic (exact) mass is 1060 g/mol. The summed E-state index contributed by atoms with van der Waals surface area (Å²) in [6.45, 7) is 0. The summed E-state index contributed by atoms with van der Waals surface area (Å²) in [6.07, 6.45) is 0. The van der Waals surface area contributed by atoms with Gasteiger partial charge >= 0.3 is 0 Å². The fraction of sp³-hybridized carbons (Fsp3) is 0.0244. The summed E-state index contributed by atoms with van der Waals surface area (Å²) in [5.74, 6) is 0. The minimum atomic E-state index is -0.568. The van der Waals surface area contributed by atoms with Crippen LogP contribution in [0.5, 0.6) is 0 Å². The number of benzene rings is 13. The second-order valence-electron chi connectivity index (χ2n) is 22.9. The van der Waals surface area contributed by atoms with Crippen LogP contribution in [0.3, 0.4) is 0 Å². The molecule has 13 aromatic carbocycles. The quantitative estimate of drug-likeness (QED) is 0.166. The maximum absolute atomic E-state index is 6.07. The minimum absolute atomic E-state index is 0.568. The van der Waals surface area contributed by atoms with Gasteiger partial charge in [0, 0.05) is 33.4 Å². The number of fused-ring (bicyclic) bond motifs is 21. The summed E-state index contributed by atoms with van der Waals surface area (Å²) in [5, 5.41) is 0. The summed E-state index contributed by atoms with van der Waals surface area (Å²) in [4.78, 5) is 12.1. The Bertz CT molecular complexity index is 4610. The van der Waals surface area contributed by atoms with Crippen molar-refractivity contribution < 1.29 is 0 Å². The first kappa shape index (κ1) is 46.9. The molecule has 0 saturated carbocycles. The van der Waals surface area contributed by atoms with Crippen molar-refractivity contribution in [2.24, 2.45) is 0 Å². The first-order valence-electron chi connectivity index (χ1n) is 29.2. The van der Waals surface area contributed by atoms with Gasteiger partial charge in [0.25, 0.3) is 0 Å². The lowest BCUT2D eigenvalue weighted by Gasteiger charge is -2.32. The highest BCUT2D eigenvalue weighted by molar-refractivity contribution is 6.17. The van der Waals surface area contributed by atoms with Crippen molar-refractivity contribution in [2.75, 3.05) is 0 Å². The standard InChI is InChI=1S/C82H50N2/c1-5-25-51(26-6-1)75-73(55-45-47-63-61-37-17-23-43-69(61)81(71(63)49-55)65-39-19-13-33-57(65)58-34-14-20-40-66(58)81)74(76(52-27-7-2-8-28-52)80-79(75)83-77(53-29-9-3-10-30-53)78(84-80)54-31-11-4-12-32-54)56-46-48-64-62-38-18-24-44-70(62)82(72(64)50-56)67-41-21-15-35-59(67)60-36-16-22-42-68(60)82/h1-50H. The third kappa shape index (κ3) is 6.24. The molecule has 388 valence electrons. The molecule has 1 aromatic heterocycles. The molecule has 0 N–H and O–H groups in total. The third-order valence-electron chi connectivity index (χ3n) is 18.9. The van der Waals surface area contributed by atoms with Crippen molar-refractivity contribution in [1.29, 1.82) is 0 Å².